The smallest absolute Gasteiger partial charge is 0.311 e. The minimum absolute atomic E-state index is 0.0285. The highest BCUT2D eigenvalue weighted by Gasteiger charge is 2.52. The van der Waals surface area contributed by atoms with E-state index in [4.69, 9.17) is 5.11 Å². The molecule has 0 bridgehead atoms. The van der Waals surface area contributed by atoms with E-state index in [1.807, 2.05) is 6.07 Å². The summed E-state index contributed by atoms with van der Waals surface area (Å²) in [6, 6.07) is 8.78. The quantitative estimate of drug-likeness (QED) is 0.0313. The molecule has 6 rings (SSSR count). The minimum atomic E-state index is -7.22. The molecule has 1 heterocycles. The molecule has 5 aromatic carbocycles. The first-order valence-corrected chi connectivity index (χ1v) is 17.2. The third kappa shape index (κ3) is 8.16. The first kappa shape index (κ1) is 49.7. The van der Waals surface area contributed by atoms with E-state index in [0.29, 0.717) is 5.56 Å². The highest BCUT2D eigenvalue weighted by atomic mass is 19.2. The molecule has 0 atom stereocenters. The van der Waals surface area contributed by atoms with E-state index in [2.05, 4.69) is 4.98 Å². The molecule has 1 aromatic heterocycles. The first-order valence-electron chi connectivity index (χ1n) is 17.2. The van der Waals surface area contributed by atoms with Crippen molar-refractivity contribution in [1.29, 1.82) is 0 Å². The van der Waals surface area contributed by atoms with Crippen LogP contribution in [0.5, 0.6) is 0 Å². The van der Waals surface area contributed by atoms with Gasteiger partial charge in [0.2, 0.25) is 12.3 Å². The maximum atomic E-state index is 15.4. The average Bonchev–Trinajstić information content (AvgIpc) is 3.29. The lowest BCUT2D eigenvalue weighted by atomic mass is 9.12. The summed E-state index contributed by atoms with van der Waals surface area (Å²) in [6.07, 6.45) is -3.53. The number of ketones is 2. The number of carbonyl (C=O) groups excluding carboxylic acids is 2. The number of carboxylic acid groups (broad SMARTS) is 1. The normalized spacial score (nSPS) is 11.4. The standard InChI is InChI=1S/C24BF20.C15H12N2O4/c26-5-1(6(27)14(35)21(42)13(5)34)25(2-7(28)15(36)22(43)16(37)8(2)29,3-9(30)17(38)23(44)18(39)10(3)31)4-11(32)19(40)24(45)20(41)12(4)33;18-13(8-15(20)21)12-9-17(7-6-16-12)10-14(19)11-4-2-1-3-5-11/h;1-7,9H,8,10H2/q-1;/p+1. The summed E-state index contributed by atoms with van der Waals surface area (Å²) in [5.41, 5.74) is -13.7. The Morgan fingerprint density at radius 1 is 0.439 bits per heavy atom. The average molecular weight is 964 g/mol. The predicted molar refractivity (Wildman–Crippen MR) is 181 cm³/mol. The minimum Gasteiger partial charge on any atom is -0.481 e. The summed E-state index contributed by atoms with van der Waals surface area (Å²) in [7, 11) is 0. The van der Waals surface area contributed by atoms with Gasteiger partial charge in [0.1, 0.15) is 59.1 Å². The van der Waals surface area contributed by atoms with Crippen LogP contribution in [0.2, 0.25) is 0 Å². The van der Waals surface area contributed by atoms with Gasteiger partial charge in [-0.3, -0.25) is 14.4 Å². The summed E-state index contributed by atoms with van der Waals surface area (Å²) in [6.45, 7) is 0.0554. The third-order valence-electron chi connectivity index (χ3n) is 9.49. The van der Waals surface area contributed by atoms with Gasteiger partial charge in [-0.05, 0) is 0 Å². The number of aliphatic carboxylic acids is 1. The van der Waals surface area contributed by atoms with Crippen molar-refractivity contribution in [2.75, 3.05) is 0 Å². The lowest BCUT2D eigenvalue weighted by Gasteiger charge is -2.44. The van der Waals surface area contributed by atoms with E-state index in [1.54, 1.807) is 30.5 Å². The highest BCUT2D eigenvalue weighted by Crippen LogP contribution is 2.30. The molecule has 0 unspecified atom stereocenters. The van der Waals surface area contributed by atoms with Crippen molar-refractivity contribution in [2.45, 2.75) is 13.0 Å². The Bertz CT molecular complexity index is 2630. The molecule has 0 aliphatic rings. The molecule has 0 saturated heterocycles. The molecule has 27 heteroatoms. The molecule has 0 fully saturated rings. The van der Waals surface area contributed by atoms with E-state index in [9.17, 15) is 67.1 Å². The van der Waals surface area contributed by atoms with Crippen LogP contribution in [0.3, 0.4) is 0 Å². The number of benzene rings is 5. The van der Waals surface area contributed by atoms with Gasteiger partial charge < -0.3 is 5.11 Å². The lowest BCUT2D eigenvalue weighted by Crippen LogP contribution is -2.81. The number of aromatic nitrogens is 2. The lowest BCUT2D eigenvalue weighted by molar-refractivity contribution is -0.683. The second-order valence-electron chi connectivity index (χ2n) is 13.2. The summed E-state index contributed by atoms with van der Waals surface area (Å²) in [5.74, 6) is -73.3. The molecule has 0 amide bonds. The molecule has 346 valence electrons. The molecule has 0 radical (unpaired) electrons. The van der Waals surface area contributed by atoms with Crippen LogP contribution < -0.4 is 26.4 Å². The Morgan fingerprint density at radius 2 is 0.727 bits per heavy atom. The number of carbonyl (C=O) groups is 3. The zero-order valence-corrected chi connectivity index (χ0v) is 31.2. The van der Waals surface area contributed by atoms with Crippen molar-refractivity contribution >= 4 is 45.5 Å². The number of carboxylic acids is 1. The monoisotopic (exact) mass is 964 g/mol. The van der Waals surface area contributed by atoms with Crippen LogP contribution in [-0.4, -0.2) is 33.8 Å². The number of hydrogen-bond donors (Lipinski definition) is 1. The predicted octanol–water partition coefficient (Wildman–Crippen LogP) is 6.76. The Hall–Kier alpha value is -7.35. The maximum Gasteiger partial charge on any atom is 0.311 e. The van der Waals surface area contributed by atoms with Crippen molar-refractivity contribution < 1.29 is 112 Å². The summed E-state index contributed by atoms with van der Waals surface area (Å²) >= 11 is 0. The third-order valence-corrected chi connectivity index (χ3v) is 9.49. The van der Waals surface area contributed by atoms with Crippen LogP contribution in [0.15, 0.2) is 48.9 Å². The topological polar surface area (TPSA) is 88.2 Å². The van der Waals surface area contributed by atoms with Gasteiger partial charge in [0.25, 0.3) is 0 Å². The van der Waals surface area contributed by atoms with Crippen LogP contribution in [0.4, 0.5) is 87.8 Å². The molecular formula is C39H13BF20N2O4. The first-order chi connectivity index (χ1) is 30.8. The van der Waals surface area contributed by atoms with Crippen LogP contribution in [0.25, 0.3) is 0 Å². The van der Waals surface area contributed by atoms with Crippen molar-refractivity contribution in [1.82, 2.24) is 4.98 Å². The van der Waals surface area contributed by atoms with Crippen molar-refractivity contribution in [2.24, 2.45) is 0 Å². The molecule has 6 nitrogen and oxygen atoms in total. The van der Waals surface area contributed by atoms with E-state index in [1.165, 1.54) is 17.0 Å². The molecule has 0 aliphatic carbocycles. The summed E-state index contributed by atoms with van der Waals surface area (Å²) in [5, 5.41) is 8.60. The van der Waals surface area contributed by atoms with Gasteiger partial charge in [-0.25, -0.2) is 92.8 Å². The molecule has 1 N–H and O–H groups in total. The number of rotatable bonds is 10. The van der Waals surface area contributed by atoms with E-state index in [-0.39, 0.29) is 18.0 Å². The van der Waals surface area contributed by atoms with E-state index in [0.717, 1.165) is 0 Å². The van der Waals surface area contributed by atoms with Gasteiger partial charge >= 0.3 is 5.97 Å². The van der Waals surface area contributed by atoms with Crippen LogP contribution in [-0.2, 0) is 11.3 Å². The van der Waals surface area contributed by atoms with Gasteiger partial charge in [-0.1, -0.05) is 30.3 Å². The zero-order chi connectivity index (χ0) is 49.6. The van der Waals surface area contributed by atoms with Crippen molar-refractivity contribution in [3.63, 3.8) is 0 Å². The highest BCUT2D eigenvalue weighted by molar-refractivity contribution is 7.20. The number of nitrogens with zero attached hydrogens (tertiary/aromatic N) is 2. The van der Waals surface area contributed by atoms with Gasteiger partial charge in [-0.2, -0.15) is 4.57 Å². The fraction of sp³-hybridized carbons (Fsp3) is 0.0513. The molecule has 66 heavy (non-hydrogen) atoms. The molecule has 0 saturated carbocycles. The SMILES string of the molecule is Fc1c(F)c(F)c([B-](c2c(F)c(F)c(F)c(F)c2F)(c2c(F)c(F)c(F)c(F)c2F)c2c(F)c(F)c(F)c(F)c2F)c(F)c1F.O=C(O)CC(=O)c1c[n+](CC(=O)c2ccccc2)ccn1. The Balaban J connectivity index is 0.000000324. The summed E-state index contributed by atoms with van der Waals surface area (Å²) < 4.78 is 295. The second-order valence-corrected chi connectivity index (χ2v) is 13.2. The van der Waals surface area contributed by atoms with Crippen LogP contribution >= 0.6 is 0 Å². The van der Waals surface area contributed by atoms with Gasteiger partial charge in [0.15, 0.2) is 93.7 Å². The number of hydrogen-bond acceptors (Lipinski definition) is 4. The van der Waals surface area contributed by atoms with Gasteiger partial charge in [0, 0.05) is 5.56 Å². The molecule has 0 spiro atoms. The summed E-state index contributed by atoms with van der Waals surface area (Å²) in [4.78, 5) is 38.0. The number of halogens is 20. The van der Waals surface area contributed by atoms with Gasteiger partial charge in [0.05, 0.1) is 6.20 Å². The maximum absolute atomic E-state index is 15.4. The van der Waals surface area contributed by atoms with Crippen LogP contribution in [0.1, 0.15) is 27.3 Å². The fourth-order valence-corrected chi connectivity index (χ4v) is 6.66. The van der Waals surface area contributed by atoms with Crippen LogP contribution in [0, 0.1) is 116 Å². The van der Waals surface area contributed by atoms with Gasteiger partial charge in [-0.15, -0.1) is 21.9 Å². The number of Topliss-reactive ketones (excluding diaryl/α,β-unsaturated/α-hetero) is 2. The van der Waals surface area contributed by atoms with Crippen molar-refractivity contribution in [3.8, 4) is 0 Å². The molecule has 0 aliphatic heterocycles. The van der Waals surface area contributed by atoms with E-state index >= 15 is 35.1 Å². The Morgan fingerprint density at radius 3 is 1.02 bits per heavy atom. The second kappa shape index (κ2) is 18.6. The fourth-order valence-electron chi connectivity index (χ4n) is 6.66. The Kier molecular flexibility index (Phi) is 14.0. The zero-order valence-electron chi connectivity index (χ0n) is 31.2. The largest absolute Gasteiger partial charge is 0.481 e. The van der Waals surface area contributed by atoms with E-state index < -0.39 is 163 Å². The molecule has 6 aromatic rings. The van der Waals surface area contributed by atoms with Crippen molar-refractivity contribution in [3.05, 3.63) is 177 Å². The molecular weight excluding hydrogens is 951 g/mol. The Labute approximate surface area is 351 Å².